The van der Waals surface area contributed by atoms with Gasteiger partial charge < -0.3 is 14.9 Å². The first-order chi connectivity index (χ1) is 8.17. The SMILES string of the molecule is CCCC(O)CCC1=CC(OCC)C(O)C=C1. The maximum atomic E-state index is 9.67. The van der Waals surface area contributed by atoms with Crippen molar-refractivity contribution in [3.63, 3.8) is 0 Å². The summed E-state index contributed by atoms with van der Waals surface area (Å²) >= 11 is 0. The van der Waals surface area contributed by atoms with Crippen LogP contribution in [0.3, 0.4) is 0 Å². The van der Waals surface area contributed by atoms with Gasteiger partial charge in [-0.3, -0.25) is 0 Å². The lowest BCUT2D eigenvalue weighted by molar-refractivity contribution is 0.0158. The lowest BCUT2D eigenvalue weighted by Gasteiger charge is -2.22. The van der Waals surface area contributed by atoms with Gasteiger partial charge in [0, 0.05) is 6.61 Å². The van der Waals surface area contributed by atoms with Gasteiger partial charge in [0.05, 0.1) is 6.10 Å². The van der Waals surface area contributed by atoms with Gasteiger partial charge in [-0.25, -0.2) is 0 Å². The van der Waals surface area contributed by atoms with Gasteiger partial charge in [-0.2, -0.15) is 0 Å². The van der Waals surface area contributed by atoms with E-state index in [1.54, 1.807) is 6.08 Å². The molecule has 1 rings (SSSR count). The van der Waals surface area contributed by atoms with Crippen LogP contribution in [0.5, 0.6) is 0 Å². The smallest absolute Gasteiger partial charge is 0.106 e. The zero-order chi connectivity index (χ0) is 12.7. The first-order valence-electron chi connectivity index (χ1n) is 6.54. The third-order valence-corrected chi connectivity index (χ3v) is 2.97. The molecule has 1 aliphatic carbocycles. The monoisotopic (exact) mass is 240 g/mol. The van der Waals surface area contributed by atoms with Crippen LogP contribution in [0.15, 0.2) is 23.8 Å². The van der Waals surface area contributed by atoms with Crippen LogP contribution in [0.25, 0.3) is 0 Å². The zero-order valence-corrected chi connectivity index (χ0v) is 10.8. The molecule has 2 N–H and O–H groups in total. The molecule has 0 bridgehead atoms. The number of allylic oxidation sites excluding steroid dienone is 2. The standard InChI is InChI=1S/C14H24O3/c1-3-5-12(15)8-6-11-7-9-13(16)14(10-11)17-4-2/h7,9-10,12-16H,3-6,8H2,1-2H3. The van der Waals surface area contributed by atoms with Crippen molar-refractivity contribution < 1.29 is 14.9 Å². The Kier molecular flexibility index (Phi) is 6.48. The van der Waals surface area contributed by atoms with E-state index in [0.717, 1.165) is 31.3 Å². The van der Waals surface area contributed by atoms with E-state index in [-0.39, 0.29) is 12.2 Å². The summed E-state index contributed by atoms with van der Waals surface area (Å²) in [6, 6.07) is 0. The first-order valence-corrected chi connectivity index (χ1v) is 6.54. The predicted octanol–water partition coefficient (Wildman–Crippen LogP) is 2.19. The number of aliphatic hydroxyl groups is 2. The van der Waals surface area contributed by atoms with Gasteiger partial charge in [0.15, 0.2) is 0 Å². The molecule has 0 aromatic carbocycles. The normalized spacial score (nSPS) is 25.8. The van der Waals surface area contributed by atoms with Crippen molar-refractivity contribution >= 4 is 0 Å². The molecule has 1 aliphatic rings. The molecule has 3 nitrogen and oxygen atoms in total. The molecule has 98 valence electrons. The summed E-state index contributed by atoms with van der Waals surface area (Å²) in [4.78, 5) is 0. The highest BCUT2D eigenvalue weighted by atomic mass is 16.5. The van der Waals surface area contributed by atoms with Crippen LogP contribution in [-0.4, -0.2) is 35.1 Å². The molecule has 0 radical (unpaired) electrons. The van der Waals surface area contributed by atoms with E-state index in [9.17, 15) is 10.2 Å². The van der Waals surface area contributed by atoms with E-state index in [1.807, 2.05) is 19.1 Å². The van der Waals surface area contributed by atoms with Crippen LogP contribution < -0.4 is 0 Å². The van der Waals surface area contributed by atoms with Gasteiger partial charge >= 0.3 is 0 Å². The minimum Gasteiger partial charge on any atom is -0.393 e. The predicted molar refractivity (Wildman–Crippen MR) is 68.8 cm³/mol. The van der Waals surface area contributed by atoms with Gasteiger partial charge in [-0.05, 0) is 37.8 Å². The van der Waals surface area contributed by atoms with Crippen molar-refractivity contribution in [2.24, 2.45) is 0 Å². The minimum absolute atomic E-state index is 0.216. The van der Waals surface area contributed by atoms with E-state index in [2.05, 4.69) is 6.92 Å². The summed E-state index contributed by atoms with van der Waals surface area (Å²) in [5.41, 5.74) is 1.14. The van der Waals surface area contributed by atoms with Crippen molar-refractivity contribution in [3.05, 3.63) is 23.8 Å². The highest BCUT2D eigenvalue weighted by molar-refractivity contribution is 5.27. The van der Waals surface area contributed by atoms with E-state index < -0.39 is 6.10 Å². The summed E-state index contributed by atoms with van der Waals surface area (Å²) in [7, 11) is 0. The number of ether oxygens (including phenoxy) is 1. The molecule has 0 heterocycles. The summed E-state index contributed by atoms with van der Waals surface area (Å²) < 4.78 is 5.44. The molecule has 17 heavy (non-hydrogen) atoms. The van der Waals surface area contributed by atoms with Crippen molar-refractivity contribution in [1.29, 1.82) is 0 Å². The molecule has 0 aromatic heterocycles. The van der Waals surface area contributed by atoms with Gasteiger partial charge in [0.25, 0.3) is 0 Å². The average molecular weight is 240 g/mol. The Labute approximate surface area is 104 Å². The fourth-order valence-corrected chi connectivity index (χ4v) is 2.01. The molecule has 3 heteroatoms. The maximum Gasteiger partial charge on any atom is 0.106 e. The second-order valence-corrected chi connectivity index (χ2v) is 4.49. The topological polar surface area (TPSA) is 49.7 Å². The van der Waals surface area contributed by atoms with Gasteiger partial charge in [0.2, 0.25) is 0 Å². The number of hydrogen-bond donors (Lipinski definition) is 2. The Bertz CT molecular complexity index is 271. The number of rotatable bonds is 7. The quantitative estimate of drug-likeness (QED) is 0.717. The molecular formula is C14H24O3. The summed E-state index contributed by atoms with van der Waals surface area (Å²) in [6.07, 6.45) is 8.15. The largest absolute Gasteiger partial charge is 0.393 e. The minimum atomic E-state index is -0.542. The summed E-state index contributed by atoms with van der Waals surface area (Å²) in [5, 5.41) is 19.3. The van der Waals surface area contributed by atoms with Gasteiger partial charge in [-0.1, -0.05) is 25.5 Å². The Morgan fingerprint density at radius 3 is 2.76 bits per heavy atom. The van der Waals surface area contributed by atoms with Crippen molar-refractivity contribution in [2.75, 3.05) is 6.61 Å². The van der Waals surface area contributed by atoms with Crippen LogP contribution in [-0.2, 0) is 4.74 Å². The molecule has 3 atom stereocenters. The highest BCUT2D eigenvalue weighted by Gasteiger charge is 2.18. The fourth-order valence-electron chi connectivity index (χ4n) is 2.01. The van der Waals surface area contributed by atoms with E-state index >= 15 is 0 Å². The van der Waals surface area contributed by atoms with Crippen LogP contribution in [0.4, 0.5) is 0 Å². The van der Waals surface area contributed by atoms with Crippen LogP contribution >= 0.6 is 0 Å². The van der Waals surface area contributed by atoms with Gasteiger partial charge in [-0.15, -0.1) is 0 Å². The average Bonchev–Trinajstić information content (AvgIpc) is 2.31. The second-order valence-electron chi connectivity index (χ2n) is 4.49. The number of aliphatic hydroxyl groups excluding tert-OH is 2. The van der Waals surface area contributed by atoms with E-state index in [4.69, 9.17) is 4.74 Å². The molecule has 0 fully saturated rings. The first kappa shape index (κ1) is 14.4. The van der Waals surface area contributed by atoms with Crippen LogP contribution in [0.1, 0.15) is 39.5 Å². The Morgan fingerprint density at radius 2 is 2.12 bits per heavy atom. The third kappa shape index (κ3) is 5.02. The summed E-state index contributed by atoms with van der Waals surface area (Å²) in [5.74, 6) is 0. The lowest BCUT2D eigenvalue weighted by Crippen LogP contribution is -2.27. The molecule has 0 spiro atoms. The zero-order valence-electron chi connectivity index (χ0n) is 10.8. The van der Waals surface area contributed by atoms with Gasteiger partial charge in [0.1, 0.15) is 12.2 Å². The third-order valence-electron chi connectivity index (χ3n) is 2.97. The lowest BCUT2D eigenvalue weighted by atomic mass is 9.97. The molecule has 0 saturated carbocycles. The molecule has 0 amide bonds. The Morgan fingerprint density at radius 1 is 1.35 bits per heavy atom. The van der Waals surface area contributed by atoms with Crippen molar-refractivity contribution in [3.8, 4) is 0 Å². The molecule has 0 aliphatic heterocycles. The molecule has 0 aromatic rings. The Hall–Kier alpha value is -0.640. The Balaban J connectivity index is 2.42. The summed E-state index contributed by atoms with van der Waals surface area (Å²) in [6.45, 7) is 4.59. The number of hydrogen-bond acceptors (Lipinski definition) is 3. The highest BCUT2D eigenvalue weighted by Crippen LogP contribution is 2.19. The second kappa shape index (κ2) is 7.64. The molecule has 3 unspecified atom stereocenters. The fraction of sp³-hybridized carbons (Fsp3) is 0.714. The van der Waals surface area contributed by atoms with Crippen LogP contribution in [0, 0.1) is 0 Å². The van der Waals surface area contributed by atoms with E-state index in [1.165, 1.54) is 0 Å². The van der Waals surface area contributed by atoms with Crippen molar-refractivity contribution in [1.82, 2.24) is 0 Å². The van der Waals surface area contributed by atoms with E-state index in [0.29, 0.717) is 6.61 Å². The molecule has 0 saturated heterocycles. The molecular weight excluding hydrogens is 216 g/mol. The maximum absolute atomic E-state index is 9.67. The van der Waals surface area contributed by atoms with Crippen molar-refractivity contribution in [2.45, 2.75) is 57.8 Å². The van der Waals surface area contributed by atoms with Crippen LogP contribution in [0.2, 0.25) is 0 Å².